The van der Waals surface area contributed by atoms with Gasteiger partial charge in [0.25, 0.3) is 5.91 Å². The van der Waals surface area contributed by atoms with E-state index in [9.17, 15) is 14.7 Å². The van der Waals surface area contributed by atoms with Crippen LogP contribution in [0.4, 0.5) is 5.69 Å². The molecule has 1 aromatic rings. The van der Waals surface area contributed by atoms with E-state index >= 15 is 0 Å². The molecule has 1 heterocycles. The molecule has 0 fully saturated rings. The van der Waals surface area contributed by atoms with E-state index in [1.165, 1.54) is 4.90 Å². The number of unbranched alkanes of at least 4 members (excludes halogenated alkanes) is 1. The van der Waals surface area contributed by atoms with Crippen LogP contribution in [-0.4, -0.2) is 29.4 Å². The van der Waals surface area contributed by atoms with Gasteiger partial charge < -0.3 is 10.0 Å². The third-order valence-electron chi connectivity index (χ3n) is 3.44. The molecule has 1 amide bonds. The maximum absolute atomic E-state index is 12.3. The molecular formula is C14H17NO3. The Morgan fingerprint density at radius 3 is 2.61 bits per heavy atom. The minimum atomic E-state index is -1.89. The molecule has 1 atom stereocenters. The summed E-state index contributed by atoms with van der Waals surface area (Å²) in [7, 11) is 1.59. The van der Waals surface area contributed by atoms with Crippen molar-refractivity contribution in [1.82, 2.24) is 0 Å². The van der Waals surface area contributed by atoms with Gasteiger partial charge in [-0.1, -0.05) is 25.5 Å². The van der Waals surface area contributed by atoms with Gasteiger partial charge in [0.15, 0.2) is 0 Å². The predicted molar refractivity (Wildman–Crippen MR) is 68.7 cm³/mol. The monoisotopic (exact) mass is 247 g/mol. The Bertz CT molecular complexity index is 498. The fourth-order valence-corrected chi connectivity index (χ4v) is 2.32. The molecule has 0 bridgehead atoms. The van der Waals surface area contributed by atoms with Crippen molar-refractivity contribution >= 4 is 17.4 Å². The van der Waals surface area contributed by atoms with E-state index < -0.39 is 17.3 Å². The number of hydrogen-bond acceptors (Lipinski definition) is 3. The van der Waals surface area contributed by atoms with E-state index in [4.69, 9.17) is 0 Å². The highest BCUT2D eigenvalue weighted by Gasteiger charge is 2.49. The molecule has 1 unspecified atom stereocenters. The summed E-state index contributed by atoms with van der Waals surface area (Å²) in [5.74, 6) is -1.01. The first-order chi connectivity index (χ1) is 8.52. The standard InChI is InChI=1S/C14H17NO3/c1-3-4-9-14(18)12(16)10-7-5-6-8-11(10)15(2)13(14)17/h5-8,18H,3-4,9H2,1-2H3. The molecule has 96 valence electrons. The van der Waals surface area contributed by atoms with Gasteiger partial charge in [-0.05, 0) is 25.0 Å². The number of aliphatic hydroxyl groups is 1. The second-order valence-electron chi connectivity index (χ2n) is 4.67. The number of Topliss-reactive ketones (excluding diaryl/α,β-unsaturated/α-hetero) is 1. The van der Waals surface area contributed by atoms with Crippen LogP contribution in [-0.2, 0) is 4.79 Å². The zero-order chi connectivity index (χ0) is 13.3. The number of anilines is 1. The average Bonchev–Trinajstić information content (AvgIpc) is 2.41. The maximum Gasteiger partial charge on any atom is 0.266 e. The van der Waals surface area contributed by atoms with E-state index in [0.717, 1.165) is 6.42 Å². The highest BCUT2D eigenvalue weighted by molar-refractivity contribution is 6.26. The average molecular weight is 247 g/mol. The number of fused-ring (bicyclic) bond motifs is 1. The zero-order valence-corrected chi connectivity index (χ0v) is 10.6. The van der Waals surface area contributed by atoms with E-state index in [1.807, 2.05) is 6.92 Å². The van der Waals surface area contributed by atoms with Crippen LogP contribution in [0.2, 0.25) is 0 Å². The van der Waals surface area contributed by atoms with Crippen LogP contribution in [0.5, 0.6) is 0 Å². The largest absolute Gasteiger partial charge is 0.373 e. The van der Waals surface area contributed by atoms with Gasteiger partial charge in [0, 0.05) is 12.6 Å². The Balaban J connectivity index is 2.48. The summed E-state index contributed by atoms with van der Waals surface area (Å²) in [6, 6.07) is 6.87. The SMILES string of the molecule is CCCCC1(O)C(=O)c2ccccc2N(C)C1=O. The molecule has 0 aliphatic carbocycles. The molecule has 0 saturated heterocycles. The lowest BCUT2D eigenvalue weighted by molar-refractivity contribution is -0.133. The molecular weight excluding hydrogens is 230 g/mol. The minimum absolute atomic E-state index is 0.180. The van der Waals surface area contributed by atoms with Gasteiger partial charge in [-0.25, -0.2) is 0 Å². The van der Waals surface area contributed by atoms with Gasteiger partial charge in [0.05, 0.1) is 5.69 Å². The maximum atomic E-state index is 12.3. The quantitative estimate of drug-likeness (QED) is 0.828. The number of benzene rings is 1. The Morgan fingerprint density at radius 1 is 1.28 bits per heavy atom. The molecule has 1 aromatic carbocycles. The van der Waals surface area contributed by atoms with Gasteiger partial charge >= 0.3 is 0 Å². The first-order valence-electron chi connectivity index (χ1n) is 6.16. The Kier molecular flexibility index (Phi) is 3.22. The van der Waals surface area contributed by atoms with E-state index in [2.05, 4.69) is 0 Å². The minimum Gasteiger partial charge on any atom is -0.373 e. The molecule has 1 N–H and O–H groups in total. The Hall–Kier alpha value is -1.68. The van der Waals surface area contributed by atoms with Crippen LogP contribution >= 0.6 is 0 Å². The summed E-state index contributed by atoms with van der Waals surface area (Å²) < 4.78 is 0. The second-order valence-corrected chi connectivity index (χ2v) is 4.67. The van der Waals surface area contributed by atoms with Crippen molar-refractivity contribution in [2.45, 2.75) is 31.8 Å². The van der Waals surface area contributed by atoms with Gasteiger partial charge in [-0.3, -0.25) is 9.59 Å². The molecule has 0 saturated carbocycles. The smallest absolute Gasteiger partial charge is 0.266 e. The van der Waals surface area contributed by atoms with Gasteiger partial charge in [-0.2, -0.15) is 0 Å². The highest BCUT2D eigenvalue weighted by atomic mass is 16.3. The number of rotatable bonds is 3. The molecule has 2 rings (SSSR count). The third kappa shape index (κ3) is 1.73. The van der Waals surface area contributed by atoms with Crippen molar-refractivity contribution < 1.29 is 14.7 Å². The van der Waals surface area contributed by atoms with E-state index in [-0.39, 0.29) is 6.42 Å². The lowest BCUT2D eigenvalue weighted by atomic mass is 9.83. The summed E-state index contributed by atoms with van der Waals surface area (Å²) in [6.07, 6.45) is 1.65. The number of nitrogens with zero attached hydrogens (tertiary/aromatic N) is 1. The van der Waals surface area contributed by atoms with Crippen molar-refractivity contribution in [2.75, 3.05) is 11.9 Å². The molecule has 4 heteroatoms. The Morgan fingerprint density at radius 2 is 1.94 bits per heavy atom. The molecule has 0 radical (unpaired) electrons. The fourth-order valence-electron chi connectivity index (χ4n) is 2.32. The van der Waals surface area contributed by atoms with Crippen molar-refractivity contribution in [3.63, 3.8) is 0 Å². The lowest BCUT2D eigenvalue weighted by Gasteiger charge is -2.36. The van der Waals surface area contributed by atoms with Gasteiger partial charge in [0.1, 0.15) is 0 Å². The zero-order valence-electron chi connectivity index (χ0n) is 10.6. The van der Waals surface area contributed by atoms with Crippen molar-refractivity contribution in [3.05, 3.63) is 29.8 Å². The number of ketones is 1. The van der Waals surface area contributed by atoms with Crippen LogP contribution in [0.1, 0.15) is 36.5 Å². The number of para-hydroxylation sites is 1. The second kappa shape index (κ2) is 4.53. The highest BCUT2D eigenvalue weighted by Crippen LogP contribution is 2.34. The molecule has 0 aromatic heterocycles. The van der Waals surface area contributed by atoms with Crippen LogP contribution in [0.15, 0.2) is 24.3 Å². The van der Waals surface area contributed by atoms with E-state index in [0.29, 0.717) is 17.7 Å². The van der Waals surface area contributed by atoms with Crippen molar-refractivity contribution in [1.29, 1.82) is 0 Å². The van der Waals surface area contributed by atoms with Crippen LogP contribution in [0, 0.1) is 0 Å². The summed E-state index contributed by atoms with van der Waals surface area (Å²) in [6.45, 7) is 1.96. The number of likely N-dealkylation sites (N-methyl/N-ethyl adjacent to an activating group) is 1. The van der Waals surface area contributed by atoms with Gasteiger partial charge in [0.2, 0.25) is 11.4 Å². The summed E-state index contributed by atoms with van der Waals surface area (Å²) in [4.78, 5) is 25.9. The fraction of sp³-hybridized carbons (Fsp3) is 0.429. The summed E-state index contributed by atoms with van der Waals surface area (Å²) in [5, 5.41) is 10.4. The molecule has 0 spiro atoms. The van der Waals surface area contributed by atoms with Gasteiger partial charge in [-0.15, -0.1) is 0 Å². The molecule has 1 aliphatic heterocycles. The Labute approximate surface area is 106 Å². The van der Waals surface area contributed by atoms with Crippen molar-refractivity contribution in [3.8, 4) is 0 Å². The van der Waals surface area contributed by atoms with Crippen LogP contribution in [0.25, 0.3) is 0 Å². The third-order valence-corrected chi connectivity index (χ3v) is 3.44. The number of carbonyl (C=O) groups is 2. The molecule has 4 nitrogen and oxygen atoms in total. The van der Waals surface area contributed by atoms with Crippen LogP contribution < -0.4 is 4.90 Å². The molecule has 18 heavy (non-hydrogen) atoms. The first kappa shape index (κ1) is 12.8. The number of amides is 1. The number of hydrogen-bond donors (Lipinski definition) is 1. The molecule has 1 aliphatic rings. The first-order valence-corrected chi connectivity index (χ1v) is 6.16. The summed E-state index contributed by atoms with van der Waals surface area (Å²) in [5.41, 5.74) is -0.911. The normalized spacial score (nSPS) is 23.2. The predicted octanol–water partition coefficient (Wildman–Crippen LogP) is 1.77. The summed E-state index contributed by atoms with van der Waals surface area (Å²) >= 11 is 0. The lowest BCUT2D eigenvalue weighted by Crippen LogP contribution is -2.57. The topological polar surface area (TPSA) is 57.6 Å². The van der Waals surface area contributed by atoms with Crippen LogP contribution in [0.3, 0.4) is 0 Å². The number of carbonyl (C=O) groups excluding carboxylic acids is 2. The van der Waals surface area contributed by atoms with Crippen molar-refractivity contribution in [2.24, 2.45) is 0 Å². The van der Waals surface area contributed by atoms with E-state index in [1.54, 1.807) is 31.3 Å².